The summed E-state index contributed by atoms with van der Waals surface area (Å²) in [5, 5.41) is 13.4. The Kier molecular flexibility index (Phi) is 9.17. The standard InChI is InChI=1S/C27H39N7O2/c1-6-8-10-27(5,17-35)33-25-24-22(31-26(28)32-25)12-19(14-30-24)21-13-23(36)29-15-20(21)16-34(18(3)4)11-9-7-2/h7,12-15,18,35H,2,6,8-11,16-17H2,1,3-5H3,(H,29,36)(H3,28,31,32,33)/t27-/m1/s1. The number of nitrogens with one attached hydrogen (secondary N) is 2. The molecule has 0 radical (unpaired) electrons. The number of aromatic nitrogens is 4. The summed E-state index contributed by atoms with van der Waals surface area (Å²) in [6, 6.07) is 3.81. The highest BCUT2D eigenvalue weighted by Crippen LogP contribution is 2.29. The maximum atomic E-state index is 12.3. The molecule has 0 unspecified atom stereocenters. The van der Waals surface area contributed by atoms with Gasteiger partial charge in [0.25, 0.3) is 0 Å². The smallest absolute Gasteiger partial charge is 0.248 e. The van der Waals surface area contributed by atoms with Crippen LogP contribution >= 0.6 is 0 Å². The largest absolute Gasteiger partial charge is 0.394 e. The zero-order chi connectivity index (χ0) is 26.3. The van der Waals surface area contributed by atoms with Gasteiger partial charge >= 0.3 is 0 Å². The number of hydrogen-bond acceptors (Lipinski definition) is 8. The number of nitrogens with zero attached hydrogens (tertiary/aromatic N) is 4. The summed E-state index contributed by atoms with van der Waals surface area (Å²) in [4.78, 5) is 30.9. The van der Waals surface area contributed by atoms with Crippen molar-refractivity contribution in [3.63, 3.8) is 0 Å². The Labute approximate surface area is 212 Å². The highest BCUT2D eigenvalue weighted by molar-refractivity contribution is 5.89. The van der Waals surface area contributed by atoms with Crippen molar-refractivity contribution in [2.24, 2.45) is 0 Å². The highest BCUT2D eigenvalue weighted by Gasteiger charge is 2.25. The van der Waals surface area contributed by atoms with Gasteiger partial charge in [-0.3, -0.25) is 14.7 Å². The fourth-order valence-corrected chi connectivity index (χ4v) is 4.20. The number of nitrogens with two attached hydrogens (primary N) is 1. The molecule has 3 aromatic heterocycles. The van der Waals surface area contributed by atoms with Gasteiger partial charge in [-0.25, -0.2) is 4.98 Å². The van der Waals surface area contributed by atoms with Crippen molar-refractivity contribution in [2.75, 3.05) is 24.2 Å². The Bertz CT molecular complexity index is 1240. The van der Waals surface area contributed by atoms with Crippen molar-refractivity contribution in [1.29, 1.82) is 0 Å². The second-order valence-corrected chi connectivity index (χ2v) is 9.85. The van der Waals surface area contributed by atoms with Crippen molar-refractivity contribution in [3.8, 4) is 11.1 Å². The van der Waals surface area contributed by atoms with Gasteiger partial charge in [0.15, 0.2) is 5.82 Å². The average Bonchev–Trinajstić information content (AvgIpc) is 2.85. The molecule has 36 heavy (non-hydrogen) atoms. The molecule has 0 spiro atoms. The van der Waals surface area contributed by atoms with E-state index in [1.54, 1.807) is 18.5 Å². The second kappa shape index (κ2) is 12.1. The molecule has 0 aliphatic rings. The summed E-state index contributed by atoms with van der Waals surface area (Å²) in [6.45, 7) is 13.7. The number of H-pyrrole nitrogens is 1. The number of pyridine rings is 2. The van der Waals surface area contributed by atoms with Gasteiger partial charge in [0.1, 0.15) is 5.52 Å². The van der Waals surface area contributed by atoms with E-state index in [9.17, 15) is 9.90 Å². The van der Waals surface area contributed by atoms with Gasteiger partial charge in [-0.05, 0) is 50.8 Å². The minimum atomic E-state index is -0.560. The van der Waals surface area contributed by atoms with Gasteiger partial charge in [0.2, 0.25) is 11.5 Å². The number of fused-ring (bicyclic) bond motifs is 1. The molecule has 0 saturated heterocycles. The number of anilines is 2. The van der Waals surface area contributed by atoms with Gasteiger partial charge in [0.05, 0.1) is 17.7 Å². The van der Waals surface area contributed by atoms with Crippen LogP contribution in [0, 0.1) is 0 Å². The Hall–Kier alpha value is -3.30. The van der Waals surface area contributed by atoms with Gasteiger partial charge in [-0.15, -0.1) is 6.58 Å². The lowest BCUT2D eigenvalue weighted by Gasteiger charge is -2.29. The van der Waals surface area contributed by atoms with E-state index >= 15 is 0 Å². The van der Waals surface area contributed by atoms with Gasteiger partial charge in [-0.2, -0.15) is 4.98 Å². The lowest BCUT2D eigenvalue weighted by molar-refractivity contribution is 0.212. The molecule has 9 nitrogen and oxygen atoms in total. The molecule has 1 atom stereocenters. The van der Waals surface area contributed by atoms with Crippen LogP contribution in [0.15, 0.2) is 42.0 Å². The molecular weight excluding hydrogens is 454 g/mol. The Morgan fingerprint density at radius 3 is 2.78 bits per heavy atom. The molecular formula is C27H39N7O2. The molecule has 0 fully saturated rings. The number of aliphatic hydroxyl groups excluding tert-OH is 1. The molecule has 3 aromatic rings. The molecule has 194 valence electrons. The van der Waals surface area contributed by atoms with E-state index < -0.39 is 5.54 Å². The molecule has 9 heteroatoms. The third kappa shape index (κ3) is 6.67. The Morgan fingerprint density at radius 2 is 2.11 bits per heavy atom. The first-order valence-electron chi connectivity index (χ1n) is 12.6. The predicted octanol–water partition coefficient (Wildman–Crippen LogP) is 4.10. The van der Waals surface area contributed by atoms with Crippen molar-refractivity contribution in [1.82, 2.24) is 24.8 Å². The Balaban J connectivity index is 2.04. The lowest BCUT2D eigenvalue weighted by atomic mass is 9.96. The maximum Gasteiger partial charge on any atom is 0.248 e. The number of unbranched alkanes of at least 4 members (excludes halogenated alkanes) is 1. The summed E-state index contributed by atoms with van der Waals surface area (Å²) in [5.41, 5.74) is 8.99. The van der Waals surface area contributed by atoms with E-state index in [0.29, 0.717) is 29.4 Å². The third-order valence-electron chi connectivity index (χ3n) is 6.45. The number of aliphatic hydroxyl groups is 1. The van der Waals surface area contributed by atoms with Crippen molar-refractivity contribution in [2.45, 2.75) is 71.5 Å². The summed E-state index contributed by atoms with van der Waals surface area (Å²) < 4.78 is 0. The first kappa shape index (κ1) is 27.3. The monoisotopic (exact) mass is 493 g/mol. The first-order chi connectivity index (χ1) is 17.2. The van der Waals surface area contributed by atoms with Gasteiger partial charge < -0.3 is 21.1 Å². The molecule has 0 amide bonds. The molecule has 3 rings (SSSR count). The lowest BCUT2D eigenvalue weighted by Crippen LogP contribution is -2.39. The van der Waals surface area contributed by atoms with Gasteiger partial charge in [0, 0.05) is 43.2 Å². The summed E-state index contributed by atoms with van der Waals surface area (Å²) in [6.07, 6.45) is 9.06. The van der Waals surface area contributed by atoms with Crippen LogP contribution in [0.1, 0.15) is 58.9 Å². The maximum absolute atomic E-state index is 12.3. The first-order valence-corrected chi connectivity index (χ1v) is 12.6. The number of nitrogen functional groups attached to an aromatic ring is 1. The molecule has 0 saturated carbocycles. The van der Waals surface area contributed by atoms with Crippen molar-refractivity contribution in [3.05, 3.63) is 53.1 Å². The van der Waals surface area contributed by atoms with E-state index in [1.165, 1.54) is 0 Å². The molecule has 5 N–H and O–H groups in total. The summed E-state index contributed by atoms with van der Waals surface area (Å²) in [7, 11) is 0. The van der Waals surface area contributed by atoms with Crippen LogP contribution in [0.3, 0.4) is 0 Å². The van der Waals surface area contributed by atoms with Crippen molar-refractivity contribution < 1.29 is 5.11 Å². The summed E-state index contributed by atoms with van der Waals surface area (Å²) >= 11 is 0. The van der Waals surface area contributed by atoms with Crippen LogP contribution in [-0.2, 0) is 6.54 Å². The third-order valence-corrected chi connectivity index (χ3v) is 6.45. The highest BCUT2D eigenvalue weighted by atomic mass is 16.3. The minimum absolute atomic E-state index is 0.0508. The molecule has 0 aromatic carbocycles. The van der Waals surface area contributed by atoms with Crippen LogP contribution in [0.5, 0.6) is 0 Å². The van der Waals surface area contributed by atoms with E-state index in [0.717, 1.165) is 48.9 Å². The van der Waals surface area contributed by atoms with Crippen molar-refractivity contribution >= 4 is 22.8 Å². The molecule has 0 bridgehead atoms. The number of aromatic amines is 1. The topological polar surface area (TPSA) is 133 Å². The van der Waals surface area contributed by atoms with E-state index in [1.807, 2.05) is 19.1 Å². The Morgan fingerprint density at radius 1 is 1.33 bits per heavy atom. The summed E-state index contributed by atoms with van der Waals surface area (Å²) in [5.74, 6) is 0.597. The SMILES string of the molecule is C=CCCN(Cc1c[nH]c(=O)cc1-c1cnc2c(N[C@@](C)(CO)CCCC)nc(N)nc2c1)C(C)C. The molecule has 0 aliphatic heterocycles. The van der Waals surface area contributed by atoms with Gasteiger partial charge in [-0.1, -0.05) is 25.8 Å². The van der Waals surface area contributed by atoms with E-state index in [-0.39, 0.29) is 18.1 Å². The molecule has 3 heterocycles. The van der Waals surface area contributed by atoms with Crippen LogP contribution in [0.2, 0.25) is 0 Å². The van der Waals surface area contributed by atoms with Crippen LogP contribution in [0.4, 0.5) is 11.8 Å². The second-order valence-electron chi connectivity index (χ2n) is 9.85. The minimum Gasteiger partial charge on any atom is -0.394 e. The van der Waals surface area contributed by atoms with Crippen LogP contribution in [0.25, 0.3) is 22.2 Å². The normalized spacial score (nSPS) is 13.3. The fraction of sp³-hybridized carbons (Fsp3) is 0.481. The predicted molar refractivity (Wildman–Crippen MR) is 147 cm³/mol. The molecule has 0 aliphatic carbocycles. The van der Waals surface area contributed by atoms with E-state index in [2.05, 4.69) is 57.5 Å². The van der Waals surface area contributed by atoms with Crippen LogP contribution < -0.4 is 16.6 Å². The number of rotatable bonds is 13. The fourth-order valence-electron chi connectivity index (χ4n) is 4.20. The van der Waals surface area contributed by atoms with E-state index in [4.69, 9.17) is 5.73 Å². The zero-order valence-corrected chi connectivity index (χ0v) is 21.8. The average molecular weight is 494 g/mol. The van der Waals surface area contributed by atoms with Crippen LogP contribution in [-0.4, -0.2) is 54.7 Å². The number of hydrogen-bond donors (Lipinski definition) is 4. The zero-order valence-electron chi connectivity index (χ0n) is 21.8. The quantitative estimate of drug-likeness (QED) is 0.262.